The van der Waals surface area contributed by atoms with Crippen molar-refractivity contribution in [3.8, 4) is 0 Å². The summed E-state index contributed by atoms with van der Waals surface area (Å²) in [5, 5.41) is 3.29. The Kier molecular flexibility index (Phi) is 4.47. The van der Waals surface area contributed by atoms with Gasteiger partial charge < -0.3 is 11.1 Å². The van der Waals surface area contributed by atoms with E-state index in [2.05, 4.69) is 11.6 Å². The summed E-state index contributed by atoms with van der Waals surface area (Å²) >= 11 is 1.88. The molecule has 1 aromatic rings. The highest BCUT2D eigenvalue weighted by Crippen LogP contribution is 2.42. The molecule has 19 heavy (non-hydrogen) atoms. The number of primary amides is 1. The average molecular weight is 282 g/mol. The molecular formula is C14H19FN2OS. The topological polar surface area (TPSA) is 55.1 Å². The monoisotopic (exact) mass is 282 g/mol. The van der Waals surface area contributed by atoms with E-state index in [0.717, 1.165) is 6.54 Å². The van der Waals surface area contributed by atoms with Crippen LogP contribution in [0, 0.1) is 5.82 Å². The van der Waals surface area contributed by atoms with Gasteiger partial charge in [0.15, 0.2) is 0 Å². The largest absolute Gasteiger partial charge is 0.366 e. The number of hydrogen-bond acceptors (Lipinski definition) is 3. The smallest absolute Gasteiger partial charge is 0.248 e. The molecule has 0 atom stereocenters. The first-order valence-electron chi connectivity index (χ1n) is 6.40. The van der Waals surface area contributed by atoms with Crippen molar-refractivity contribution in [2.75, 3.05) is 12.8 Å². The van der Waals surface area contributed by atoms with Crippen LogP contribution in [0.25, 0.3) is 0 Å². The molecule has 0 radical (unpaired) electrons. The highest BCUT2D eigenvalue weighted by molar-refractivity contribution is 8.00. The molecule has 0 bridgehead atoms. The number of hydrogen-bond donors (Lipinski definition) is 2. The lowest BCUT2D eigenvalue weighted by Crippen LogP contribution is -2.43. The molecule has 0 saturated heterocycles. The Hall–Kier alpha value is -1.07. The minimum absolute atomic E-state index is 0.302. The molecule has 0 aromatic heterocycles. The molecule has 0 aliphatic heterocycles. The van der Waals surface area contributed by atoms with Crippen LogP contribution < -0.4 is 11.1 Å². The molecule has 1 saturated carbocycles. The Morgan fingerprint density at radius 2 is 2.26 bits per heavy atom. The van der Waals surface area contributed by atoms with Gasteiger partial charge in [-0.05, 0) is 37.3 Å². The number of carbonyl (C=O) groups excluding carboxylic acids is 1. The molecular weight excluding hydrogens is 263 g/mol. The highest BCUT2D eigenvalue weighted by Gasteiger charge is 2.35. The molecule has 0 spiro atoms. The summed E-state index contributed by atoms with van der Waals surface area (Å²) < 4.78 is 14.0. The van der Waals surface area contributed by atoms with Crippen LogP contribution in [-0.2, 0) is 6.54 Å². The Morgan fingerprint density at radius 1 is 1.53 bits per heavy atom. The first kappa shape index (κ1) is 14.3. The van der Waals surface area contributed by atoms with Gasteiger partial charge in [0.2, 0.25) is 5.91 Å². The summed E-state index contributed by atoms with van der Waals surface area (Å²) in [6, 6.07) is 4.23. The van der Waals surface area contributed by atoms with Gasteiger partial charge in [0.1, 0.15) is 5.82 Å². The SMILES string of the molecule is CSC1(CNCc2cc(C(N)=O)ccc2F)CCC1. The van der Waals surface area contributed by atoms with Crippen molar-refractivity contribution in [3.63, 3.8) is 0 Å². The first-order chi connectivity index (χ1) is 9.06. The third-order valence-electron chi connectivity index (χ3n) is 3.79. The van der Waals surface area contributed by atoms with Gasteiger partial charge in [-0.25, -0.2) is 4.39 Å². The Balaban J connectivity index is 1.95. The third kappa shape index (κ3) is 3.28. The fraction of sp³-hybridized carbons (Fsp3) is 0.500. The van der Waals surface area contributed by atoms with E-state index in [1.54, 1.807) is 0 Å². The van der Waals surface area contributed by atoms with Gasteiger partial charge in [-0.1, -0.05) is 6.42 Å². The summed E-state index contributed by atoms with van der Waals surface area (Å²) in [6.07, 6.45) is 5.82. The predicted octanol–water partition coefficient (Wildman–Crippen LogP) is 2.30. The molecule has 0 unspecified atom stereocenters. The molecule has 1 aliphatic carbocycles. The van der Waals surface area contributed by atoms with E-state index < -0.39 is 5.91 Å². The maximum absolute atomic E-state index is 13.6. The summed E-state index contributed by atoms with van der Waals surface area (Å²) in [6.45, 7) is 1.30. The van der Waals surface area contributed by atoms with E-state index in [-0.39, 0.29) is 5.82 Å². The van der Waals surface area contributed by atoms with Crippen LogP contribution in [0.3, 0.4) is 0 Å². The third-order valence-corrected chi connectivity index (χ3v) is 5.21. The van der Waals surface area contributed by atoms with Gasteiger partial charge in [0.25, 0.3) is 0 Å². The molecule has 3 nitrogen and oxygen atoms in total. The number of nitrogens with two attached hydrogens (primary N) is 1. The Bertz CT molecular complexity index is 469. The van der Waals surface area contributed by atoms with Crippen LogP contribution in [0.5, 0.6) is 0 Å². The lowest BCUT2D eigenvalue weighted by Gasteiger charge is -2.40. The number of halogens is 1. The summed E-state index contributed by atoms with van der Waals surface area (Å²) in [5.74, 6) is -0.829. The van der Waals surface area contributed by atoms with E-state index in [0.29, 0.717) is 22.4 Å². The van der Waals surface area contributed by atoms with Crippen molar-refractivity contribution in [3.05, 3.63) is 35.1 Å². The van der Waals surface area contributed by atoms with E-state index in [1.165, 1.54) is 37.5 Å². The van der Waals surface area contributed by atoms with Crippen molar-refractivity contribution >= 4 is 17.7 Å². The minimum Gasteiger partial charge on any atom is -0.366 e. The molecule has 0 heterocycles. The van der Waals surface area contributed by atoms with E-state index in [9.17, 15) is 9.18 Å². The number of rotatable bonds is 6. The van der Waals surface area contributed by atoms with Gasteiger partial charge >= 0.3 is 0 Å². The Morgan fingerprint density at radius 3 is 2.79 bits per heavy atom. The lowest BCUT2D eigenvalue weighted by atomic mass is 9.84. The molecule has 1 amide bonds. The predicted molar refractivity (Wildman–Crippen MR) is 76.7 cm³/mol. The number of amides is 1. The zero-order chi connectivity index (χ0) is 13.9. The highest BCUT2D eigenvalue weighted by atomic mass is 32.2. The fourth-order valence-corrected chi connectivity index (χ4v) is 3.26. The van der Waals surface area contributed by atoms with Gasteiger partial charge in [-0.15, -0.1) is 0 Å². The zero-order valence-corrected chi connectivity index (χ0v) is 11.9. The molecule has 2 rings (SSSR count). The standard InChI is InChI=1S/C14H19FN2OS/c1-19-14(5-2-6-14)9-17-8-11-7-10(13(16)18)3-4-12(11)15/h3-4,7,17H,2,5-6,8-9H2,1H3,(H2,16,18). The number of nitrogens with one attached hydrogen (secondary N) is 1. The van der Waals surface area contributed by atoms with Gasteiger partial charge in [0, 0.05) is 29.0 Å². The summed E-state index contributed by atoms with van der Waals surface area (Å²) in [4.78, 5) is 11.1. The fourth-order valence-electron chi connectivity index (χ4n) is 2.31. The summed E-state index contributed by atoms with van der Waals surface area (Å²) in [7, 11) is 0. The number of carbonyl (C=O) groups is 1. The van der Waals surface area contributed by atoms with Crippen LogP contribution in [0.2, 0.25) is 0 Å². The maximum atomic E-state index is 13.6. The molecule has 1 fully saturated rings. The average Bonchev–Trinajstić information content (AvgIpc) is 2.34. The molecule has 3 N–H and O–H groups in total. The van der Waals surface area contributed by atoms with E-state index in [4.69, 9.17) is 5.73 Å². The quantitative estimate of drug-likeness (QED) is 0.842. The van der Waals surface area contributed by atoms with Crippen molar-refractivity contribution in [1.29, 1.82) is 0 Å². The second kappa shape index (κ2) is 5.92. The molecule has 104 valence electrons. The van der Waals surface area contributed by atoms with Crippen molar-refractivity contribution < 1.29 is 9.18 Å². The van der Waals surface area contributed by atoms with E-state index >= 15 is 0 Å². The van der Waals surface area contributed by atoms with E-state index in [1.807, 2.05) is 11.8 Å². The van der Waals surface area contributed by atoms with Crippen molar-refractivity contribution in [2.45, 2.75) is 30.6 Å². The van der Waals surface area contributed by atoms with Crippen molar-refractivity contribution in [1.82, 2.24) is 5.32 Å². The second-order valence-corrected chi connectivity index (χ2v) is 6.29. The second-order valence-electron chi connectivity index (χ2n) is 5.01. The van der Waals surface area contributed by atoms with Crippen LogP contribution in [0.4, 0.5) is 4.39 Å². The van der Waals surface area contributed by atoms with Crippen LogP contribution in [0.15, 0.2) is 18.2 Å². The number of thioether (sulfide) groups is 1. The normalized spacial score (nSPS) is 16.9. The van der Waals surface area contributed by atoms with Gasteiger partial charge in [-0.3, -0.25) is 4.79 Å². The minimum atomic E-state index is -0.527. The van der Waals surface area contributed by atoms with Crippen molar-refractivity contribution in [2.24, 2.45) is 5.73 Å². The lowest BCUT2D eigenvalue weighted by molar-refractivity contribution is 0.1000. The van der Waals surface area contributed by atoms with Crippen LogP contribution in [-0.4, -0.2) is 23.5 Å². The number of benzene rings is 1. The Labute approximate surface area is 117 Å². The van der Waals surface area contributed by atoms with Crippen LogP contribution in [0.1, 0.15) is 35.2 Å². The molecule has 1 aliphatic rings. The summed E-state index contributed by atoms with van der Waals surface area (Å²) in [5.41, 5.74) is 6.04. The first-order valence-corrected chi connectivity index (χ1v) is 7.63. The van der Waals surface area contributed by atoms with Crippen LogP contribution >= 0.6 is 11.8 Å². The molecule has 1 aromatic carbocycles. The maximum Gasteiger partial charge on any atom is 0.248 e. The van der Waals surface area contributed by atoms with Gasteiger partial charge in [0.05, 0.1) is 0 Å². The zero-order valence-electron chi connectivity index (χ0n) is 11.0. The van der Waals surface area contributed by atoms with Gasteiger partial charge in [-0.2, -0.15) is 11.8 Å². The molecule has 5 heteroatoms.